The van der Waals surface area contributed by atoms with Crippen molar-refractivity contribution in [1.29, 1.82) is 0 Å². The summed E-state index contributed by atoms with van der Waals surface area (Å²) in [4.78, 5) is 30.8. The summed E-state index contributed by atoms with van der Waals surface area (Å²) in [5, 5.41) is 1.14. The Bertz CT molecular complexity index is 1520. The molecule has 0 amide bonds. The number of hydrogen-bond acceptors (Lipinski definition) is 9. The zero-order chi connectivity index (χ0) is 24.6. The van der Waals surface area contributed by atoms with Crippen LogP contribution < -0.4 is 9.80 Å². The normalized spacial score (nSPS) is 17.2. The number of aromatic nitrogens is 5. The van der Waals surface area contributed by atoms with E-state index in [9.17, 15) is 0 Å². The fourth-order valence-electron chi connectivity index (χ4n) is 5.21. The lowest BCUT2D eigenvalue weighted by Crippen LogP contribution is -2.46. The largest absolute Gasteiger partial charge is 0.378 e. The van der Waals surface area contributed by atoms with E-state index < -0.39 is 0 Å². The molecule has 0 aliphatic carbocycles. The van der Waals surface area contributed by atoms with Crippen LogP contribution in [-0.2, 0) is 11.3 Å². The first-order valence-corrected chi connectivity index (χ1v) is 13.6. The Morgan fingerprint density at radius 2 is 1.73 bits per heavy atom. The molecule has 2 aliphatic rings. The second kappa shape index (κ2) is 9.70. The summed E-state index contributed by atoms with van der Waals surface area (Å²) in [6.45, 7) is 7.87. The molecule has 2 fully saturated rings. The number of H-pyrrole nitrogens is 1. The minimum absolute atomic E-state index is 0.724. The molecule has 0 unspecified atom stereocenters. The van der Waals surface area contributed by atoms with Crippen molar-refractivity contribution in [2.75, 3.05) is 62.3 Å². The van der Waals surface area contributed by atoms with E-state index in [0.29, 0.717) is 0 Å². The highest BCUT2D eigenvalue weighted by molar-refractivity contribution is 7.19. The van der Waals surface area contributed by atoms with Gasteiger partial charge in [-0.3, -0.25) is 4.90 Å². The molecule has 9 nitrogen and oxygen atoms in total. The number of rotatable bonds is 5. The van der Waals surface area contributed by atoms with Gasteiger partial charge in [0.1, 0.15) is 0 Å². The minimum atomic E-state index is 0.724. The average molecular weight is 513 g/mol. The Morgan fingerprint density at radius 3 is 2.57 bits per heavy atom. The van der Waals surface area contributed by atoms with E-state index in [1.807, 2.05) is 36.0 Å². The van der Waals surface area contributed by atoms with Crippen molar-refractivity contribution in [3.63, 3.8) is 0 Å². The molecule has 1 aromatic carbocycles. The predicted molar refractivity (Wildman–Crippen MR) is 147 cm³/mol. The molecule has 6 heterocycles. The lowest BCUT2D eigenvalue weighted by Gasteiger charge is -2.34. The topological polar surface area (TPSA) is 86.3 Å². The number of benzene rings is 1. The van der Waals surface area contributed by atoms with Gasteiger partial charge >= 0.3 is 0 Å². The van der Waals surface area contributed by atoms with Gasteiger partial charge in [-0.1, -0.05) is 12.1 Å². The molecule has 10 heteroatoms. The molecular formula is C27H28N8OS. The third-order valence-electron chi connectivity index (χ3n) is 7.14. The van der Waals surface area contributed by atoms with Crippen molar-refractivity contribution < 1.29 is 4.74 Å². The van der Waals surface area contributed by atoms with Crippen LogP contribution in [-0.4, -0.2) is 82.3 Å². The summed E-state index contributed by atoms with van der Waals surface area (Å²) < 4.78 is 6.80. The van der Waals surface area contributed by atoms with Crippen molar-refractivity contribution in [1.82, 2.24) is 29.8 Å². The maximum absolute atomic E-state index is 5.64. The van der Waals surface area contributed by atoms with E-state index in [4.69, 9.17) is 14.7 Å². The molecule has 37 heavy (non-hydrogen) atoms. The Morgan fingerprint density at radius 1 is 0.892 bits per heavy atom. The number of piperazine rings is 1. The van der Waals surface area contributed by atoms with Crippen molar-refractivity contribution in [2.45, 2.75) is 6.54 Å². The monoisotopic (exact) mass is 512 g/mol. The first kappa shape index (κ1) is 22.6. The van der Waals surface area contributed by atoms with E-state index in [1.165, 1.54) is 9.58 Å². The van der Waals surface area contributed by atoms with Gasteiger partial charge in [0.2, 0.25) is 5.95 Å². The average Bonchev–Trinajstić information content (AvgIpc) is 3.60. The third-order valence-corrected chi connectivity index (χ3v) is 8.24. The summed E-state index contributed by atoms with van der Waals surface area (Å²) in [5.74, 6) is 2.62. The third kappa shape index (κ3) is 4.41. The number of anilines is 2. The van der Waals surface area contributed by atoms with Crippen LogP contribution in [0, 0.1) is 0 Å². The van der Waals surface area contributed by atoms with Crippen molar-refractivity contribution in [2.24, 2.45) is 0 Å². The molecule has 1 N–H and O–H groups in total. The van der Waals surface area contributed by atoms with Crippen molar-refractivity contribution in [3.05, 3.63) is 59.9 Å². The number of thiophene rings is 1. The highest BCUT2D eigenvalue weighted by Gasteiger charge is 2.23. The van der Waals surface area contributed by atoms with Gasteiger partial charge in [-0.05, 0) is 24.3 Å². The Labute approximate surface area is 218 Å². The molecule has 5 aromatic rings. The van der Waals surface area contributed by atoms with Crippen LogP contribution >= 0.6 is 11.3 Å². The number of aromatic amines is 1. The number of fused-ring (bicyclic) bond motifs is 2. The summed E-state index contributed by atoms with van der Waals surface area (Å²) in [6, 6.07) is 12.5. The second-order valence-electron chi connectivity index (χ2n) is 9.45. The zero-order valence-electron chi connectivity index (χ0n) is 20.5. The van der Waals surface area contributed by atoms with Crippen LogP contribution in [0.1, 0.15) is 4.88 Å². The van der Waals surface area contributed by atoms with Crippen molar-refractivity contribution in [3.8, 4) is 11.4 Å². The molecule has 188 valence electrons. The Kier molecular flexibility index (Phi) is 5.92. The molecule has 2 saturated heterocycles. The van der Waals surface area contributed by atoms with Crippen LogP contribution in [0.5, 0.6) is 0 Å². The van der Waals surface area contributed by atoms with Gasteiger partial charge in [0.05, 0.1) is 23.4 Å². The maximum Gasteiger partial charge on any atom is 0.225 e. The standard InChI is InChI=1S/C27H28N8OS/c1-3-21(20-5-8-28-22(20)4-1)25-31-23-17-19(37-24(23)26(32-25)34-13-15-36-16-14-34)18-33-9-11-35(12-10-33)27-29-6-2-7-30-27/h1-8,17,28H,9-16,18H2. The number of nitrogens with one attached hydrogen (secondary N) is 1. The summed E-state index contributed by atoms with van der Waals surface area (Å²) >= 11 is 1.82. The van der Waals surface area contributed by atoms with E-state index in [1.54, 1.807) is 0 Å². The summed E-state index contributed by atoms with van der Waals surface area (Å²) in [6.07, 6.45) is 5.59. The maximum atomic E-state index is 5.64. The van der Waals surface area contributed by atoms with E-state index >= 15 is 0 Å². The van der Waals surface area contributed by atoms with Gasteiger partial charge in [0.25, 0.3) is 0 Å². The SMILES string of the molecule is c1cnc(N2CCN(Cc3cc4nc(-c5cccc6[nH]ccc56)nc(N5CCOCC5)c4s3)CC2)nc1. The molecule has 7 rings (SSSR count). The number of nitrogens with zero attached hydrogens (tertiary/aromatic N) is 7. The van der Waals surface area contributed by atoms with Gasteiger partial charge in [-0.2, -0.15) is 0 Å². The van der Waals surface area contributed by atoms with Crippen LogP contribution in [0.25, 0.3) is 32.5 Å². The van der Waals surface area contributed by atoms with Crippen LogP contribution in [0.3, 0.4) is 0 Å². The lowest BCUT2D eigenvalue weighted by molar-refractivity contribution is 0.122. The Balaban J connectivity index is 1.19. The summed E-state index contributed by atoms with van der Waals surface area (Å²) in [7, 11) is 0. The van der Waals surface area contributed by atoms with E-state index in [0.717, 1.165) is 98.6 Å². The molecule has 2 aliphatic heterocycles. The number of morpholine rings is 1. The highest BCUT2D eigenvalue weighted by Crippen LogP contribution is 2.36. The van der Waals surface area contributed by atoms with E-state index in [2.05, 4.69) is 60.0 Å². The molecule has 0 spiro atoms. The van der Waals surface area contributed by atoms with Crippen LogP contribution in [0.15, 0.2) is 55.0 Å². The number of ether oxygens (including phenoxy) is 1. The molecule has 4 aromatic heterocycles. The quantitative estimate of drug-likeness (QED) is 0.381. The van der Waals surface area contributed by atoms with Gasteiger partial charge in [0, 0.05) is 85.7 Å². The van der Waals surface area contributed by atoms with Gasteiger partial charge in [-0.15, -0.1) is 11.3 Å². The Hall–Kier alpha value is -3.60. The molecule has 0 atom stereocenters. The first-order chi connectivity index (χ1) is 18.3. The molecule has 0 radical (unpaired) electrons. The number of hydrogen-bond donors (Lipinski definition) is 1. The van der Waals surface area contributed by atoms with Crippen LogP contribution in [0.4, 0.5) is 11.8 Å². The van der Waals surface area contributed by atoms with Gasteiger partial charge < -0.3 is 19.5 Å². The van der Waals surface area contributed by atoms with Crippen molar-refractivity contribution >= 4 is 44.2 Å². The fraction of sp³-hybridized carbons (Fsp3) is 0.333. The summed E-state index contributed by atoms with van der Waals surface area (Å²) in [5.41, 5.74) is 3.18. The smallest absolute Gasteiger partial charge is 0.225 e. The second-order valence-corrected chi connectivity index (χ2v) is 10.6. The van der Waals surface area contributed by atoms with Gasteiger partial charge in [-0.25, -0.2) is 19.9 Å². The first-order valence-electron chi connectivity index (χ1n) is 12.8. The minimum Gasteiger partial charge on any atom is -0.378 e. The molecule has 0 bridgehead atoms. The zero-order valence-corrected chi connectivity index (χ0v) is 21.3. The predicted octanol–water partition coefficient (Wildman–Crippen LogP) is 3.79. The van der Waals surface area contributed by atoms with Crippen LogP contribution in [0.2, 0.25) is 0 Å². The molecular weight excluding hydrogens is 484 g/mol. The highest BCUT2D eigenvalue weighted by atomic mass is 32.1. The van der Waals surface area contributed by atoms with Gasteiger partial charge in [0.15, 0.2) is 11.6 Å². The molecule has 0 saturated carbocycles. The lowest BCUT2D eigenvalue weighted by atomic mass is 10.1. The fourth-order valence-corrected chi connectivity index (χ4v) is 6.37. The van der Waals surface area contributed by atoms with E-state index in [-0.39, 0.29) is 0 Å².